The molecule has 0 radical (unpaired) electrons. The number of amidine groups is 1. The second-order valence-electron chi connectivity index (χ2n) is 4.08. The molecule has 0 spiro atoms. The van der Waals surface area contributed by atoms with Crippen molar-refractivity contribution in [3.8, 4) is 0 Å². The fraction of sp³-hybridized carbons (Fsp3) is 0.636. The molecule has 6 N–H and O–H groups in total. The smallest absolute Gasteiger partial charge is 0.320 e. The molecular formula is C11H20N6O3. The van der Waals surface area contributed by atoms with E-state index >= 15 is 0 Å². The van der Waals surface area contributed by atoms with Gasteiger partial charge in [-0.3, -0.25) is 20.4 Å². The number of unbranched alkanes of at least 4 members (excludes halogenated alkanes) is 1. The summed E-state index contributed by atoms with van der Waals surface area (Å²) < 4.78 is 0. The topological polar surface area (TPSA) is 165 Å². The summed E-state index contributed by atoms with van der Waals surface area (Å²) in [6.45, 7) is 0.445. The number of carbonyl (C=O) groups excluding carboxylic acids is 1. The molecule has 0 bridgehead atoms. The second kappa shape index (κ2) is 10.7. The van der Waals surface area contributed by atoms with Crippen LogP contribution < -0.4 is 11.1 Å². The number of rotatable bonds is 10. The van der Waals surface area contributed by atoms with Crippen molar-refractivity contribution in [1.29, 1.82) is 10.8 Å². The first-order valence-electron chi connectivity index (χ1n) is 6.19. The zero-order valence-electron chi connectivity index (χ0n) is 11.1. The van der Waals surface area contributed by atoms with Gasteiger partial charge in [0.25, 0.3) is 0 Å². The predicted octanol–water partition coefficient (Wildman–Crippen LogP) is 0.502. The molecule has 9 heteroatoms. The number of carbonyl (C=O) groups is 2. The highest BCUT2D eigenvalue weighted by Crippen LogP contribution is 1.99. The first-order chi connectivity index (χ1) is 9.47. The van der Waals surface area contributed by atoms with Gasteiger partial charge in [0, 0.05) is 19.4 Å². The van der Waals surface area contributed by atoms with Gasteiger partial charge in [-0.1, -0.05) is 0 Å². The van der Waals surface area contributed by atoms with Crippen LogP contribution in [0.4, 0.5) is 0 Å². The summed E-state index contributed by atoms with van der Waals surface area (Å²) in [4.78, 5) is 21.8. The fourth-order valence-corrected chi connectivity index (χ4v) is 1.31. The van der Waals surface area contributed by atoms with Crippen LogP contribution in [0.15, 0.2) is 10.2 Å². The van der Waals surface area contributed by atoms with Crippen molar-refractivity contribution in [1.82, 2.24) is 5.32 Å². The summed E-state index contributed by atoms with van der Waals surface area (Å²) in [7, 11) is 0. The molecule has 0 aliphatic rings. The number of nitrogens with zero attached hydrogens (tertiary/aromatic N) is 2. The van der Waals surface area contributed by atoms with Crippen LogP contribution in [0.3, 0.4) is 0 Å². The third kappa shape index (κ3) is 9.83. The van der Waals surface area contributed by atoms with Crippen LogP contribution >= 0.6 is 0 Å². The monoisotopic (exact) mass is 284 g/mol. The normalized spacial score (nSPS) is 12.1. The lowest BCUT2D eigenvalue weighted by Gasteiger charge is -2.07. The lowest BCUT2D eigenvalue weighted by Crippen LogP contribution is -2.30. The molecule has 0 heterocycles. The number of amides is 1. The molecule has 0 saturated heterocycles. The average molecular weight is 284 g/mol. The summed E-state index contributed by atoms with van der Waals surface area (Å²) in [5, 5.41) is 31.7. The summed E-state index contributed by atoms with van der Waals surface area (Å²) >= 11 is 0. The molecule has 20 heavy (non-hydrogen) atoms. The molecule has 0 rings (SSSR count). The zero-order valence-corrected chi connectivity index (χ0v) is 11.1. The van der Waals surface area contributed by atoms with E-state index < -0.39 is 12.0 Å². The van der Waals surface area contributed by atoms with Gasteiger partial charge in [0.05, 0.1) is 0 Å². The van der Waals surface area contributed by atoms with Crippen LogP contribution in [-0.2, 0) is 9.59 Å². The molecular weight excluding hydrogens is 264 g/mol. The highest BCUT2D eigenvalue weighted by Gasteiger charge is 2.10. The van der Waals surface area contributed by atoms with Crippen LogP contribution in [0.5, 0.6) is 0 Å². The third-order valence-corrected chi connectivity index (χ3v) is 2.41. The number of azo groups is 1. The minimum atomic E-state index is -1.02. The zero-order chi connectivity index (χ0) is 15.4. The van der Waals surface area contributed by atoms with E-state index in [0.717, 1.165) is 6.34 Å². The maximum atomic E-state index is 11.4. The lowest BCUT2D eigenvalue weighted by molar-refractivity contribution is -0.138. The summed E-state index contributed by atoms with van der Waals surface area (Å²) in [5.74, 6) is -1.29. The highest BCUT2D eigenvalue weighted by molar-refractivity contribution is 5.85. The van der Waals surface area contributed by atoms with Gasteiger partial charge in [-0.2, -0.15) is 0 Å². The van der Waals surface area contributed by atoms with E-state index in [9.17, 15) is 9.59 Å². The van der Waals surface area contributed by atoms with E-state index in [1.807, 2.05) is 0 Å². The Morgan fingerprint density at radius 1 is 1.35 bits per heavy atom. The van der Waals surface area contributed by atoms with E-state index in [4.69, 9.17) is 21.7 Å². The quantitative estimate of drug-likeness (QED) is 0.171. The van der Waals surface area contributed by atoms with Gasteiger partial charge in [-0.05, 0) is 19.3 Å². The largest absolute Gasteiger partial charge is 0.480 e. The maximum Gasteiger partial charge on any atom is 0.320 e. The maximum absolute atomic E-state index is 11.4. The number of carboxylic acid groups (broad SMARTS) is 1. The Kier molecular flexibility index (Phi) is 9.57. The fourth-order valence-electron chi connectivity index (χ4n) is 1.31. The van der Waals surface area contributed by atoms with Gasteiger partial charge < -0.3 is 16.2 Å². The van der Waals surface area contributed by atoms with Crippen molar-refractivity contribution in [2.75, 3.05) is 6.54 Å². The van der Waals surface area contributed by atoms with Crippen LogP contribution in [0.1, 0.15) is 32.1 Å². The lowest BCUT2D eigenvalue weighted by atomic mass is 10.1. The average Bonchev–Trinajstić information content (AvgIpc) is 2.41. The molecule has 0 saturated carbocycles. The van der Waals surface area contributed by atoms with E-state index in [2.05, 4.69) is 15.5 Å². The second-order valence-corrected chi connectivity index (χ2v) is 4.08. The Morgan fingerprint density at radius 3 is 2.65 bits per heavy atom. The van der Waals surface area contributed by atoms with Gasteiger partial charge >= 0.3 is 5.97 Å². The Bertz CT molecular complexity index is 382. The van der Waals surface area contributed by atoms with E-state index in [1.165, 1.54) is 0 Å². The molecule has 0 fully saturated rings. The van der Waals surface area contributed by atoms with Crippen molar-refractivity contribution in [2.45, 2.75) is 38.1 Å². The van der Waals surface area contributed by atoms with Gasteiger partial charge in [0.2, 0.25) is 5.91 Å². The molecule has 1 unspecified atom stereocenters. The number of hydrogen-bond acceptors (Lipinski definition) is 5. The molecule has 0 aliphatic heterocycles. The Balaban J connectivity index is 3.59. The molecule has 9 nitrogen and oxygen atoms in total. The van der Waals surface area contributed by atoms with Crippen LogP contribution in [-0.4, -0.2) is 41.7 Å². The first kappa shape index (κ1) is 17.8. The van der Waals surface area contributed by atoms with E-state index in [-0.39, 0.29) is 24.6 Å². The van der Waals surface area contributed by atoms with E-state index in [1.54, 1.807) is 0 Å². The number of aliphatic carboxylic acids is 1. The molecule has 0 aromatic rings. The van der Waals surface area contributed by atoms with Crippen molar-refractivity contribution in [2.24, 2.45) is 16.0 Å². The molecule has 1 atom stereocenters. The molecule has 0 aromatic carbocycles. The van der Waals surface area contributed by atoms with Crippen LogP contribution in [0.25, 0.3) is 0 Å². The number of hydrogen-bond donors (Lipinski definition) is 5. The minimum Gasteiger partial charge on any atom is -0.480 e. The molecule has 1 amide bonds. The minimum absolute atomic E-state index is 0.0592. The van der Waals surface area contributed by atoms with Crippen molar-refractivity contribution in [3.63, 3.8) is 0 Å². The van der Waals surface area contributed by atoms with Gasteiger partial charge in [0.1, 0.15) is 18.2 Å². The predicted molar refractivity (Wildman–Crippen MR) is 73.1 cm³/mol. The van der Waals surface area contributed by atoms with Crippen LogP contribution in [0.2, 0.25) is 0 Å². The van der Waals surface area contributed by atoms with Gasteiger partial charge in [0.15, 0.2) is 0 Å². The summed E-state index contributed by atoms with van der Waals surface area (Å²) in [6, 6.07) is -0.856. The number of nitrogens with two attached hydrogens (primary N) is 1. The van der Waals surface area contributed by atoms with Gasteiger partial charge in [-0.15, -0.1) is 10.2 Å². The third-order valence-electron chi connectivity index (χ3n) is 2.41. The SMILES string of the molecule is N=C/N=N\C(=N)CCC(=O)NCCCCC(N)C(=O)O. The summed E-state index contributed by atoms with van der Waals surface area (Å²) in [5.41, 5.74) is 5.33. The highest BCUT2D eigenvalue weighted by atomic mass is 16.4. The first-order valence-corrected chi connectivity index (χ1v) is 6.19. The standard InChI is InChI=1S/C11H20N6O3/c12-7-16-17-9(14)4-5-10(18)15-6-2-1-3-8(13)11(19)20/h7-8,12,14H,1-6,13H2,(H,15,18)(H,19,20)/b12-7?,14-9?,17-16-. The summed E-state index contributed by atoms with van der Waals surface area (Å²) in [6.07, 6.45) is 2.66. The van der Waals surface area contributed by atoms with Crippen molar-refractivity contribution < 1.29 is 14.7 Å². The van der Waals surface area contributed by atoms with Crippen LogP contribution in [0, 0.1) is 10.8 Å². The van der Waals surface area contributed by atoms with Crippen molar-refractivity contribution >= 4 is 24.1 Å². The van der Waals surface area contributed by atoms with E-state index in [0.29, 0.717) is 25.8 Å². The van der Waals surface area contributed by atoms with Gasteiger partial charge in [-0.25, -0.2) is 0 Å². The number of carboxylic acids is 1. The molecule has 0 aromatic heterocycles. The Labute approximate surface area is 116 Å². The van der Waals surface area contributed by atoms with Crippen molar-refractivity contribution in [3.05, 3.63) is 0 Å². The number of nitrogens with one attached hydrogen (secondary N) is 3. The molecule has 0 aliphatic carbocycles. The Hall–Kier alpha value is -2.16. The molecule has 112 valence electrons. The Morgan fingerprint density at radius 2 is 2.05 bits per heavy atom.